The number of esters is 1. The van der Waals surface area contributed by atoms with Crippen LogP contribution in [0.1, 0.15) is 12.5 Å². The Labute approximate surface area is 97.6 Å². The molecule has 1 rings (SSSR count). The van der Waals surface area contributed by atoms with Gasteiger partial charge in [0.05, 0.1) is 17.9 Å². The van der Waals surface area contributed by atoms with Crippen molar-refractivity contribution in [1.82, 2.24) is 0 Å². The van der Waals surface area contributed by atoms with Gasteiger partial charge in [-0.3, -0.25) is 0 Å². The van der Waals surface area contributed by atoms with Gasteiger partial charge in [0.2, 0.25) is 0 Å². The zero-order valence-corrected chi connectivity index (χ0v) is 10.3. The van der Waals surface area contributed by atoms with E-state index in [4.69, 9.17) is 0 Å². The lowest BCUT2D eigenvalue weighted by Crippen LogP contribution is -2.00. The molecule has 1 aromatic rings. The van der Waals surface area contributed by atoms with E-state index in [9.17, 15) is 9.00 Å². The summed E-state index contributed by atoms with van der Waals surface area (Å²) in [4.78, 5) is 12.1. The van der Waals surface area contributed by atoms with Crippen molar-refractivity contribution in [1.29, 1.82) is 0 Å². The Balaban J connectivity index is 2.90. The number of carbonyl (C=O) groups is 1. The first-order valence-electron chi connectivity index (χ1n) is 4.79. The summed E-state index contributed by atoms with van der Waals surface area (Å²) in [7, 11) is -0.00576. The van der Waals surface area contributed by atoms with E-state index < -0.39 is 16.8 Å². The number of hydrogen-bond acceptors (Lipinski definition) is 3. The maximum atomic E-state index is 11.9. The minimum absolute atomic E-state index is 0.482. The molecule has 0 bridgehead atoms. The molecule has 3 nitrogen and oxygen atoms in total. The van der Waals surface area contributed by atoms with Gasteiger partial charge in [0.15, 0.2) is 0 Å². The molecule has 0 saturated heterocycles. The normalized spacial score (nSPS) is 13.3. The molecule has 1 aromatic carbocycles. The SMILES string of the molecule is COC(=O)/C=C(\C)S(=O)c1ccc(C)cc1. The van der Waals surface area contributed by atoms with Crippen LogP contribution in [0.25, 0.3) is 0 Å². The lowest BCUT2D eigenvalue weighted by molar-refractivity contribution is -0.134. The molecule has 86 valence electrons. The molecule has 0 aromatic heterocycles. The zero-order chi connectivity index (χ0) is 12.1. The molecule has 0 aliphatic rings. The summed E-state index contributed by atoms with van der Waals surface area (Å²) in [6.07, 6.45) is 1.25. The average Bonchev–Trinajstić information content (AvgIpc) is 2.28. The van der Waals surface area contributed by atoms with E-state index in [1.54, 1.807) is 19.1 Å². The van der Waals surface area contributed by atoms with Crippen LogP contribution in [0, 0.1) is 6.92 Å². The van der Waals surface area contributed by atoms with Crippen molar-refractivity contribution in [3.63, 3.8) is 0 Å². The van der Waals surface area contributed by atoms with Crippen molar-refractivity contribution >= 4 is 16.8 Å². The first-order valence-corrected chi connectivity index (χ1v) is 5.94. The topological polar surface area (TPSA) is 43.4 Å². The van der Waals surface area contributed by atoms with Gasteiger partial charge in [0, 0.05) is 15.9 Å². The number of aryl methyl sites for hydroxylation is 1. The highest BCUT2D eigenvalue weighted by atomic mass is 32.2. The summed E-state index contributed by atoms with van der Waals surface area (Å²) in [6.45, 7) is 3.61. The molecule has 1 unspecified atom stereocenters. The predicted octanol–water partition coefficient (Wildman–Crippen LogP) is 2.18. The average molecular weight is 238 g/mol. The van der Waals surface area contributed by atoms with Gasteiger partial charge in [-0.15, -0.1) is 0 Å². The molecule has 0 heterocycles. The summed E-state index contributed by atoms with van der Waals surface area (Å²) in [5, 5.41) is 0. The van der Waals surface area contributed by atoms with Crippen molar-refractivity contribution in [3.05, 3.63) is 40.8 Å². The van der Waals surface area contributed by atoms with E-state index in [1.807, 2.05) is 19.1 Å². The molecular formula is C12H14O3S. The van der Waals surface area contributed by atoms with Crippen molar-refractivity contribution < 1.29 is 13.7 Å². The highest BCUT2D eigenvalue weighted by Gasteiger charge is 2.07. The summed E-state index contributed by atoms with van der Waals surface area (Å²) in [5.41, 5.74) is 1.11. The number of benzene rings is 1. The number of allylic oxidation sites excluding steroid dienone is 1. The second-order valence-corrected chi connectivity index (χ2v) is 5.01. The Hall–Kier alpha value is -1.42. The van der Waals surface area contributed by atoms with Gasteiger partial charge >= 0.3 is 5.97 Å². The van der Waals surface area contributed by atoms with E-state index >= 15 is 0 Å². The van der Waals surface area contributed by atoms with E-state index in [0.29, 0.717) is 9.80 Å². The first kappa shape index (κ1) is 12.6. The maximum Gasteiger partial charge on any atom is 0.331 e. The van der Waals surface area contributed by atoms with Crippen molar-refractivity contribution in [2.24, 2.45) is 0 Å². The Morgan fingerprint density at radius 1 is 1.31 bits per heavy atom. The lowest BCUT2D eigenvalue weighted by atomic mass is 10.2. The summed E-state index contributed by atoms with van der Waals surface area (Å²) in [6, 6.07) is 7.36. The largest absolute Gasteiger partial charge is 0.466 e. The number of methoxy groups -OCH3 is 1. The Kier molecular flexibility index (Phi) is 4.43. The van der Waals surface area contributed by atoms with Gasteiger partial charge in [0.25, 0.3) is 0 Å². The first-order chi connectivity index (χ1) is 7.54. The van der Waals surface area contributed by atoms with Gasteiger partial charge in [-0.2, -0.15) is 0 Å². The van der Waals surface area contributed by atoms with Crippen LogP contribution >= 0.6 is 0 Å². The Morgan fingerprint density at radius 2 is 1.88 bits per heavy atom. The molecule has 0 fully saturated rings. The smallest absolute Gasteiger partial charge is 0.331 e. The third-order valence-electron chi connectivity index (χ3n) is 2.05. The maximum absolute atomic E-state index is 11.9. The minimum Gasteiger partial charge on any atom is -0.466 e. The molecule has 4 heteroatoms. The molecule has 1 atom stereocenters. The molecule has 0 aliphatic carbocycles. The van der Waals surface area contributed by atoms with Crippen LogP contribution < -0.4 is 0 Å². The number of rotatable bonds is 3. The predicted molar refractivity (Wildman–Crippen MR) is 63.4 cm³/mol. The highest BCUT2D eigenvalue weighted by Crippen LogP contribution is 2.14. The van der Waals surface area contributed by atoms with Gasteiger partial charge in [-0.05, 0) is 26.0 Å². The summed E-state index contributed by atoms with van der Waals surface area (Å²) in [5.74, 6) is -0.488. The molecule has 0 amide bonds. The fourth-order valence-electron chi connectivity index (χ4n) is 1.13. The fraction of sp³-hybridized carbons (Fsp3) is 0.250. The molecule has 0 saturated carbocycles. The van der Waals surface area contributed by atoms with Gasteiger partial charge in [-0.1, -0.05) is 17.7 Å². The zero-order valence-electron chi connectivity index (χ0n) is 9.52. The standard InChI is InChI=1S/C12H14O3S/c1-9-4-6-11(7-5-9)16(14)10(2)8-12(13)15-3/h4-8H,1-3H3/b10-8+. The molecule has 0 aliphatic heterocycles. The van der Waals surface area contributed by atoms with Crippen molar-refractivity contribution in [2.75, 3.05) is 7.11 Å². The lowest BCUT2D eigenvalue weighted by Gasteiger charge is -2.02. The van der Waals surface area contributed by atoms with E-state index in [1.165, 1.54) is 13.2 Å². The third-order valence-corrected chi connectivity index (χ3v) is 3.45. The van der Waals surface area contributed by atoms with Crippen LogP contribution in [0.3, 0.4) is 0 Å². The molecular weight excluding hydrogens is 224 g/mol. The second kappa shape index (κ2) is 5.61. The molecule has 16 heavy (non-hydrogen) atoms. The second-order valence-electron chi connectivity index (χ2n) is 3.36. The van der Waals surface area contributed by atoms with Crippen LogP contribution in [0.5, 0.6) is 0 Å². The number of ether oxygens (including phenoxy) is 1. The van der Waals surface area contributed by atoms with E-state index in [2.05, 4.69) is 4.74 Å². The summed E-state index contributed by atoms with van der Waals surface area (Å²) < 4.78 is 16.4. The monoisotopic (exact) mass is 238 g/mol. The Bertz CT molecular complexity index is 432. The third kappa shape index (κ3) is 3.31. The van der Waals surface area contributed by atoms with Gasteiger partial charge in [0.1, 0.15) is 0 Å². The van der Waals surface area contributed by atoms with Crippen molar-refractivity contribution in [3.8, 4) is 0 Å². The van der Waals surface area contributed by atoms with E-state index in [0.717, 1.165) is 5.56 Å². The number of hydrogen-bond donors (Lipinski definition) is 0. The molecule has 0 spiro atoms. The fourth-order valence-corrected chi connectivity index (χ4v) is 2.08. The van der Waals surface area contributed by atoms with Gasteiger partial charge in [-0.25, -0.2) is 9.00 Å². The van der Waals surface area contributed by atoms with Crippen LogP contribution in [-0.4, -0.2) is 17.3 Å². The highest BCUT2D eigenvalue weighted by molar-refractivity contribution is 7.89. The summed E-state index contributed by atoms with van der Waals surface area (Å²) >= 11 is 0. The van der Waals surface area contributed by atoms with Crippen LogP contribution in [0.15, 0.2) is 40.1 Å². The molecule has 0 radical (unpaired) electrons. The van der Waals surface area contributed by atoms with Crippen molar-refractivity contribution in [2.45, 2.75) is 18.7 Å². The van der Waals surface area contributed by atoms with Crippen LogP contribution in [0.4, 0.5) is 0 Å². The van der Waals surface area contributed by atoms with E-state index in [-0.39, 0.29) is 0 Å². The van der Waals surface area contributed by atoms with Crippen LogP contribution in [0.2, 0.25) is 0 Å². The Morgan fingerprint density at radius 3 is 2.38 bits per heavy atom. The van der Waals surface area contributed by atoms with Gasteiger partial charge < -0.3 is 4.74 Å². The quantitative estimate of drug-likeness (QED) is 0.599. The molecule has 0 N–H and O–H groups in total. The minimum atomic E-state index is -1.30. The number of carbonyl (C=O) groups excluding carboxylic acids is 1. The van der Waals surface area contributed by atoms with Crippen LogP contribution in [-0.2, 0) is 20.3 Å².